The standard InChI is InChI=1S/C14H25N3O/c1-11(10-17-8-6-7-15-17)16-12-9-13(2,3)18-14(12,4)5/h6-8,11-12,16H,9-10H2,1-5H3. The van der Waals surface area contributed by atoms with Gasteiger partial charge in [0.2, 0.25) is 0 Å². The number of rotatable bonds is 4. The Morgan fingerprint density at radius 1 is 1.44 bits per heavy atom. The molecule has 0 amide bonds. The van der Waals surface area contributed by atoms with Gasteiger partial charge in [0.25, 0.3) is 0 Å². The minimum Gasteiger partial charge on any atom is -0.368 e. The van der Waals surface area contributed by atoms with Crippen LogP contribution in [-0.4, -0.2) is 33.1 Å². The van der Waals surface area contributed by atoms with Gasteiger partial charge in [0.05, 0.1) is 17.7 Å². The third-order valence-corrected chi connectivity index (χ3v) is 3.58. The molecule has 0 spiro atoms. The first-order valence-electron chi connectivity index (χ1n) is 6.72. The molecule has 0 radical (unpaired) electrons. The second-order valence-electron chi connectivity index (χ2n) is 6.52. The lowest BCUT2D eigenvalue weighted by Gasteiger charge is -2.30. The maximum atomic E-state index is 6.10. The summed E-state index contributed by atoms with van der Waals surface area (Å²) in [5.41, 5.74) is -0.144. The van der Waals surface area contributed by atoms with E-state index >= 15 is 0 Å². The minimum absolute atomic E-state index is 0.0351. The van der Waals surface area contributed by atoms with Gasteiger partial charge in [-0.25, -0.2) is 0 Å². The molecule has 1 aromatic heterocycles. The van der Waals surface area contributed by atoms with Crippen LogP contribution in [0.3, 0.4) is 0 Å². The quantitative estimate of drug-likeness (QED) is 0.891. The van der Waals surface area contributed by atoms with Crippen LogP contribution in [0.25, 0.3) is 0 Å². The van der Waals surface area contributed by atoms with Crippen LogP contribution in [0.5, 0.6) is 0 Å². The van der Waals surface area contributed by atoms with Crippen molar-refractivity contribution in [1.82, 2.24) is 15.1 Å². The van der Waals surface area contributed by atoms with Gasteiger partial charge in [-0.2, -0.15) is 5.10 Å². The molecule has 4 nitrogen and oxygen atoms in total. The van der Waals surface area contributed by atoms with E-state index in [1.807, 2.05) is 23.1 Å². The van der Waals surface area contributed by atoms with Crippen molar-refractivity contribution in [3.63, 3.8) is 0 Å². The van der Waals surface area contributed by atoms with E-state index in [1.54, 1.807) is 0 Å². The van der Waals surface area contributed by atoms with Gasteiger partial charge in [-0.1, -0.05) is 0 Å². The van der Waals surface area contributed by atoms with Crippen molar-refractivity contribution in [2.24, 2.45) is 0 Å². The van der Waals surface area contributed by atoms with E-state index in [-0.39, 0.29) is 11.2 Å². The SMILES string of the molecule is CC(Cn1cccn1)NC1CC(C)(C)OC1(C)C. The van der Waals surface area contributed by atoms with Crippen molar-refractivity contribution in [3.8, 4) is 0 Å². The van der Waals surface area contributed by atoms with E-state index in [4.69, 9.17) is 4.74 Å². The first-order chi connectivity index (χ1) is 8.28. The fourth-order valence-corrected chi connectivity index (χ4v) is 2.91. The van der Waals surface area contributed by atoms with E-state index < -0.39 is 0 Å². The first-order valence-corrected chi connectivity index (χ1v) is 6.72. The topological polar surface area (TPSA) is 39.1 Å². The smallest absolute Gasteiger partial charge is 0.0787 e. The number of hydrogen-bond donors (Lipinski definition) is 1. The largest absolute Gasteiger partial charge is 0.368 e. The van der Waals surface area contributed by atoms with Crippen LogP contribution in [0.1, 0.15) is 41.0 Å². The van der Waals surface area contributed by atoms with Crippen LogP contribution in [0.4, 0.5) is 0 Å². The second-order valence-corrected chi connectivity index (χ2v) is 6.52. The summed E-state index contributed by atoms with van der Waals surface area (Å²) >= 11 is 0. The van der Waals surface area contributed by atoms with Crippen LogP contribution in [0.2, 0.25) is 0 Å². The molecular weight excluding hydrogens is 226 g/mol. The molecule has 0 aliphatic carbocycles. The predicted molar refractivity (Wildman–Crippen MR) is 72.5 cm³/mol. The molecule has 2 atom stereocenters. The fraction of sp³-hybridized carbons (Fsp3) is 0.786. The minimum atomic E-state index is -0.109. The van der Waals surface area contributed by atoms with Crippen molar-refractivity contribution in [1.29, 1.82) is 0 Å². The lowest BCUT2D eigenvalue weighted by Crippen LogP contribution is -2.48. The third kappa shape index (κ3) is 3.12. The Morgan fingerprint density at radius 2 is 2.17 bits per heavy atom. The lowest BCUT2D eigenvalue weighted by atomic mass is 9.94. The van der Waals surface area contributed by atoms with Crippen LogP contribution < -0.4 is 5.32 Å². The van der Waals surface area contributed by atoms with E-state index in [0.29, 0.717) is 12.1 Å². The number of nitrogens with one attached hydrogen (secondary N) is 1. The second kappa shape index (κ2) is 4.67. The summed E-state index contributed by atoms with van der Waals surface area (Å²) in [5.74, 6) is 0. The molecule has 2 unspecified atom stereocenters. The molecule has 0 bridgehead atoms. The summed E-state index contributed by atoms with van der Waals surface area (Å²) in [7, 11) is 0. The van der Waals surface area contributed by atoms with Gasteiger partial charge in [0.1, 0.15) is 0 Å². The molecule has 0 saturated carbocycles. The van der Waals surface area contributed by atoms with Gasteiger partial charge in [-0.05, 0) is 47.1 Å². The Morgan fingerprint density at radius 3 is 2.67 bits per heavy atom. The number of hydrogen-bond acceptors (Lipinski definition) is 3. The highest BCUT2D eigenvalue weighted by atomic mass is 16.5. The van der Waals surface area contributed by atoms with E-state index in [9.17, 15) is 0 Å². The molecule has 2 heterocycles. The van der Waals surface area contributed by atoms with Crippen LogP contribution in [-0.2, 0) is 11.3 Å². The van der Waals surface area contributed by atoms with E-state index in [1.165, 1.54) is 0 Å². The Kier molecular flexibility index (Phi) is 3.52. The molecule has 4 heteroatoms. The van der Waals surface area contributed by atoms with Gasteiger partial charge < -0.3 is 10.1 Å². The highest BCUT2D eigenvalue weighted by molar-refractivity contribution is 4.99. The summed E-state index contributed by atoms with van der Waals surface area (Å²) < 4.78 is 8.06. The van der Waals surface area contributed by atoms with Crippen LogP contribution in [0.15, 0.2) is 18.5 Å². The monoisotopic (exact) mass is 251 g/mol. The molecule has 0 aromatic carbocycles. The van der Waals surface area contributed by atoms with Gasteiger partial charge in [0, 0.05) is 24.5 Å². The maximum Gasteiger partial charge on any atom is 0.0787 e. The van der Waals surface area contributed by atoms with E-state index in [2.05, 4.69) is 45.0 Å². The molecule has 1 fully saturated rings. The zero-order valence-electron chi connectivity index (χ0n) is 12.1. The van der Waals surface area contributed by atoms with Crippen molar-refractivity contribution < 1.29 is 4.74 Å². The molecule has 18 heavy (non-hydrogen) atoms. The Bertz CT molecular complexity index is 384. The molecule has 1 saturated heterocycles. The fourth-order valence-electron chi connectivity index (χ4n) is 2.91. The molecule has 1 N–H and O–H groups in total. The molecular formula is C14H25N3O. The van der Waals surface area contributed by atoms with Crippen molar-refractivity contribution in [2.45, 2.75) is 70.9 Å². The van der Waals surface area contributed by atoms with Gasteiger partial charge in [-0.3, -0.25) is 4.68 Å². The van der Waals surface area contributed by atoms with E-state index in [0.717, 1.165) is 13.0 Å². The average molecular weight is 251 g/mol. The first kappa shape index (κ1) is 13.6. The van der Waals surface area contributed by atoms with Crippen molar-refractivity contribution in [2.75, 3.05) is 0 Å². The number of nitrogens with zero attached hydrogens (tertiary/aromatic N) is 2. The van der Waals surface area contributed by atoms with Crippen molar-refractivity contribution in [3.05, 3.63) is 18.5 Å². The van der Waals surface area contributed by atoms with Crippen LogP contribution in [0, 0.1) is 0 Å². The summed E-state index contributed by atoms with van der Waals surface area (Å²) in [5, 5.41) is 7.92. The average Bonchev–Trinajstić information content (AvgIpc) is 2.72. The maximum absolute atomic E-state index is 6.10. The summed E-state index contributed by atoms with van der Waals surface area (Å²) in [6, 6.07) is 2.73. The summed E-state index contributed by atoms with van der Waals surface area (Å²) in [4.78, 5) is 0. The number of aromatic nitrogens is 2. The molecule has 1 aromatic rings. The van der Waals surface area contributed by atoms with Crippen LogP contribution >= 0.6 is 0 Å². The zero-order chi connectivity index (χ0) is 13.4. The highest BCUT2D eigenvalue weighted by Gasteiger charge is 2.45. The summed E-state index contributed by atoms with van der Waals surface area (Å²) in [6.45, 7) is 11.7. The zero-order valence-corrected chi connectivity index (χ0v) is 12.1. The van der Waals surface area contributed by atoms with Gasteiger partial charge in [-0.15, -0.1) is 0 Å². The predicted octanol–water partition coefficient (Wildman–Crippen LogP) is 2.21. The Hall–Kier alpha value is -0.870. The summed E-state index contributed by atoms with van der Waals surface area (Å²) in [6.07, 6.45) is 4.86. The Labute approximate surface area is 110 Å². The van der Waals surface area contributed by atoms with Gasteiger partial charge >= 0.3 is 0 Å². The number of ether oxygens (including phenoxy) is 1. The molecule has 1 aliphatic rings. The van der Waals surface area contributed by atoms with Crippen molar-refractivity contribution >= 4 is 0 Å². The highest BCUT2D eigenvalue weighted by Crippen LogP contribution is 2.37. The molecule has 2 rings (SSSR count). The molecule has 1 aliphatic heterocycles. The lowest BCUT2D eigenvalue weighted by molar-refractivity contribution is -0.0704. The van der Waals surface area contributed by atoms with Gasteiger partial charge in [0.15, 0.2) is 0 Å². The molecule has 102 valence electrons. The Balaban J connectivity index is 1.93. The third-order valence-electron chi connectivity index (χ3n) is 3.58. The normalized spacial score (nSPS) is 27.3.